The van der Waals surface area contributed by atoms with Gasteiger partial charge in [0.2, 0.25) is 11.8 Å². The summed E-state index contributed by atoms with van der Waals surface area (Å²) in [5.74, 6) is -1.81. The Kier molecular flexibility index (Phi) is 6.93. The Bertz CT molecular complexity index is 1550. The van der Waals surface area contributed by atoms with Crippen molar-refractivity contribution in [2.24, 2.45) is 0 Å². The maximum Gasteiger partial charge on any atom is 0.471 e. The molecule has 0 saturated heterocycles. The molecule has 0 unspecified atom stereocenters. The molecular weight excluding hydrogens is 519 g/mol. The molecule has 0 spiro atoms. The van der Waals surface area contributed by atoms with E-state index in [0.717, 1.165) is 0 Å². The third kappa shape index (κ3) is 5.58. The molecule has 0 aliphatic carbocycles. The number of halogens is 3. The third-order valence-corrected chi connectivity index (χ3v) is 6.43. The molecule has 4 rings (SSSR count). The fourth-order valence-corrected chi connectivity index (χ4v) is 4.57. The first-order valence-corrected chi connectivity index (χ1v) is 11.9. The molecule has 4 aromatic rings. The van der Waals surface area contributed by atoms with Crippen LogP contribution in [0.5, 0.6) is 11.6 Å². The van der Waals surface area contributed by atoms with Crippen molar-refractivity contribution < 1.29 is 35.9 Å². The molecule has 3 aromatic heterocycles. The standard InChI is InChI=1S/C21H20F3N7O5S/c1-35-15-5-3-4-6-16(15)37(33,34)29-20-28-27-17-7-13(8-18(36-2)31(17)20)11-30-12-14(10-26-30)9-25-19(32)21(22,23)24/h3-8,10,12H,9,11H2,1-2H3,(H,25,32)(H,28,29). The lowest BCUT2D eigenvalue weighted by Gasteiger charge is -2.12. The molecule has 0 saturated carbocycles. The number of fused-ring (bicyclic) bond motifs is 1. The summed E-state index contributed by atoms with van der Waals surface area (Å²) in [6, 6.07) is 9.29. The molecule has 0 aliphatic heterocycles. The zero-order chi connectivity index (χ0) is 26.8. The van der Waals surface area contributed by atoms with Gasteiger partial charge in [-0.1, -0.05) is 12.1 Å². The average molecular weight is 539 g/mol. The van der Waals surface area contributed by atoms with Crippen LogP contribution in [0.1, 0.15) is 11.1 Å². The number of pyridine rings is 1. The van der Waals surface area contributed by atoms with Crippen molar-refractivity contribution in [3.05, 3.63) is 59.9 Å². The van der Waals surface area contributed by atoms with Gasteiger partial charge in [-0.25, -0.2) is 17.5 Å². The van der Waals surface area contributed by atoms with Crippen molar-refractivity contribution in [2.45, 2.75) is 24.2 Å². The molecule has 16 heteroatoms. The van der Waals surface area contributed by atoms with Crippen LogP contribution in [-0.2, 0) is 27.9 Å². The van der Waals surface area contributed by atoms with Gasteiger partial charge in [0.1, 0.15) is 10.6 Å². The molecule has 37 heavy (non-hydrogen) atoms. The van der Waals surface area contributed by atoms with Gasteiger partial charge in [0, 0.05) is 24.4 Å². The van der Waals surface area contributed by atoms with Gasteiger partial charge in [-0.05, 0) is 23.8 Å². The van der Waals surface area contributed by atoms with E-state index in [1.807, 2.05) is 0 Å². The van der Waals surface area contributed by atoms with Gasteiger partial charge < -0.3 is 14.8 Å². The predicted octanol–water partition coefficient (Wildman–Crippen LogP) is 1.97. The number of rotatable bonds is 9. The lowest BCUT2D eigenvalue weighted by molar-refractivity contribution is -0.173. The molecule has 196 valence electrons. The third-order valence-electron chi connectivity index (χ3n) is 5.07. The highest BCUT2D eigenvalue weighted by Crippen LogP contribution is 2.27. The number of aromatic nitrogens is 5. The Morgan fingerprint density at radius 1 is 1.08 bits per heavy atom. The Morgan fingerprint density at radius 2 is 1.84 bits per heavy atom. The van der Waals surface area contributed by atoms with E-state index in [2.05, 4.69) is 20.0 Å². The quantitative estimate of drug-likeness (QED) is 0.329. The minimum Gasteiger partial charge on any atom is -0.495 e. The van der Waals surface area contributed by atoms with Crippen LogP contribution in [0.15, 0.2) is 53.7 Å². The zero-order valence-electron chi connectivity index (χ0n) is 19.4. The molecule has 0 aliphatic rings. The molecule has 3 heterocycles. The van der Waals surface area contributed by atoms with E-state index in [0.29, 0.717) is 11.1 Å². The van der Waals surface area contributed by atoms with Crippen LogP contribution in [0.3, 0.4) is 0 Å². The maximum absolute atomic E-state index is 13.0. The lowest BCUT2D eigenvalue weighted by atomic mass is 10.2. The monoisotopic (exact) mass is 539 g/mol. The van der Waals surface area contributed by atoms with Crippen molar-refractivity contribution in [1.29, 1.82) is 0 Å². The number of nitrogens with one attached hydrogen (secondary N) is 2. The van der Waals surface area contributed by atoms with E-state index in [1.54, 1.807) is 29.6 Å². The highest BCUT2D eigenvalue weighted by atomic mass is 32.2. The first-order valence-electron chi connectivity index (χ1n) is 10.5. The SMILES string of the molecule is COc1ccccc1S(=O)(=O)Nc1nnc2cc(Cn3cc(CNC(=O)C(F)(F)F)cn3)cc(OC)n12. The van der Waals surface area contributed by atoms with Crippen molar-refractivity contribution >= 4 is 27.5 Å². The summed E-state index contributed by atoms with van der Waals surface area (Å²) >= 11 is 0. The number of methoxy groups -OCH3 is 2. The number of alkyl halides is 3. The topological polar surface area (TPSA) is 142 Å². The Morgan fingerprint density at radius 3 is 2.54 bits per heavy atom. The van der Waals surface area contributed by atoms with E-state index < -0.39 is 22.1 Å². The number of carbonyl (C=O) groups excluding carboxylic acids is 1. The summed E-state index contributed by atoms with van der Waals surface area (Å²) in [5.41, 5.74) is 1.25. The number of nitrogens with zero attached hydrogens (tertiary/aromatic N) is 5. The van der Waals surface area contributed by atoms with Gasteiger partial charge in [0.05, 0.1) is 27.0 Å². The van der Waals surface area contributed by atoms with Crippen LogP contribution < -0.4 is 19.5 Å². The predicted molar refractivity (Wildman–Crippen MR) is 123 cm³/mol. The first-order chi connectivity index (χ1) is 17.5. The largest absolute Gasteiger partial charge is 0.495 e. The number of hydrogen-bond acceptors (Lipinski definition) is 8. The second-order valence-corrected chi connectivity index (χ2v) is 9.26. The lowest BCUT2D eigenvalue weighted by Crippen LogP contribution is -2.36. The molecule has 0 atom stereocenters. The number of hydrogen-bond donors (Lipinski definition) is 2. The molecule has 0 radical (unpaired) electrons. The minimum absolute atomic E-state index is 0.0919. The van der Waals surface area contributed by atoms with Gasteiger partial charge in [-0.15, -0.1) is 10.2 Å². The maximum atomic E-state index is 13.0. The van der Waals surface area contributed by atoms with Crippen molar-refractivity contribution in [3.63, 3.8) is 0 Å². The number of ether oxygens (including phenoxy) is 2. The van der Waals surface area contributed by atoms with E-state index in [9.17, 15) is 26.4 Å². The van der Waals surface area contributed by atoms with Gasteiger partial charge >= 0.3 is 12.1 Å². The molecule has 0 fully saturated rings. The van der Waals surface area contributed by atoms with Crippen LogP contribution in [0.25, 0.3) is 5.65 Å². The van der Waals surface area contributed by atoms with Crippen LogP contribution in [0.2, 0.25) is 0 Å². The van der Waals surface area contributed by atoms with Crippen molar-refractivity contribution in [1.82, 2.24) is 29.7 Å². The number of anilines is 1. The minimum atomic E-state index is -4.97. The van der Waals surface area contributed by atoms with E-state index in [-0.39, 0.29) is 41.2 Å². The molecule has 0 bridgehead atoms. The van der Waals surface area contributed by atoms with Gasteiger partial charge in [0.25, 0.3) is 10.0 Å². The Labute approximate surface area is 208 Å². The van der Waals surface area contributed by atoms with Crippen LogP contribution in [0.4, 0.5) is 19.1 Å². The Hall–Kier alpha value is -4.34. The van der Waals surface area contributed by atoms with Crippen LogP contribution in [0, 0.1) is 0 Å². The van der Waals surface area contributed by atoms with Gasteiger partial charge in [0.15, 0.2) is 5.65 Å². The summed E-state index contributed by atoms with van der Waals surface area (Å²) < 4.78 is 78.7. The van der Waals surface area contributed by atoms with Crippen LogP contribution in [-0.4, -0.2) is 59.1 Å². The second kappa shape index (κ2) is 9.96. The number of benzene rings is 1. The summed E-state index contributed by atoms with van der Waals surface area (Å²) in [6.45, 7) is -0.171. The number of sulfonamides is 1. The Balaban J connectivity index is 1.55. The molecule has 1 amide bonds. The van der Waals surface area contributed by atoms with Gasteiger partial charge in [-0.2, -0.15) is 18.3 Å². The average Bonchev–Trinajstić information content (AvgIpc) is 3.47. The second-order valence-electron chi connectivity index (χ2n) is 7.61. The fourth-order valence-electron chi connectivity index (χ4n) is 3.42. The fraction of sp³-hybridized carbons (Fsp3) is 0.238. The normalized spacial score (nSPS) is 11.9. The summed E-state index contributed by atoms with van der Waals surface area (Å²) in [4.78, 5) is 10.9. The number of carbonyl (C=O) groups is 1. The summed E-state index contributed by atoms with van der Waals surface area (Å²) in [6.07, 6.45) is -2.17. The smallest absolute Gasteiger partial charge is 0.471 e. The van der Waals surface area contributed by atoms with E-state index >= 15 is 0 Å². The zero-order valence-corrected chi connectivity index (χ0v) is 20.2. The summed E-state index contributed by atoms with van der Waals surface area (Å²) in [5, 5.41) is 13.8. The summed E-state index contributed by atoms with van der Waals surface area (Å²) in [7, 11) is -1.35. The molecule has 1 aromatic carbocycles. The number of amides is 1. The van der Waals surface area contributed by atoms with Crippen molar-refractivity contribution in [2.75, 3.05) is 18.9 Å². The molecule has 12 nitrogen and oxygen atoms in total. The van der Waals surface area contributed by atoms with Crippen LogP contribution >= 0.6 is 0 Å². The van der Waals surface area contributed by atoms with Crippen molar-refractivity contribution in [3.8, 4) is 11.6 Å². The van der Waals surface area contributed by atoms with Gasteiger partial charge in [-0.3, -0.25) is 9.48 Å². The van der Waals surface area contributed by atoms with E-state index in [1.165, 1.54) is 47.8 Å². The molecule has 2 N–H and O–H groups in total. The van der Waals surface area contributed by atoms with E-state index in [4.69, 9.17) is 9.47 Å². The molecular formula is C21H20F3N7O5S. The number of para-hydroxylation sites is 1. The first kappa shape index (κ1) is 25.7. The highest BCUT2D eigenvalue weighted by molar-refractivity contribution is 7.92. The highest BCUT2D eigenvalue weighted by Gasteiger charge is 2.38.